The van der Waals surface area contributed by atoms with Crippen LogP contribution in [0.5, 0.6) is 0 Å². The minimum Gasteiger partial charge on any atom is -0.355 e. The molecule has 0 aliphatic rings. The van der Waals surface area contributed by atoms with Crippen molar-refractivity contribution < 1.29 is 14.5 Å². The van der Waals surface area contributed by atoms with Gasteiger partial charge in [0.1, 0.15) is 6.04 Å². The SMILES string of the molecule is CCNC(=O)C(C)N(Cc1ccccc1C)C(=O)Cc1ccccc1[N+](=O)[O-]. The van der Waals surface area contributed by atoms with E-state index in [4.69, 9.17) is 0 Å². The van der Waals surface area contributed by atoms with Crippen molar-refractivity contribution in [2.24, 2.45) is 0 Å². The molecule has 1 atom stereocenters. The van der Waals surface area contributed by atoms with Crippen molar-refractivity contribution in [3.05, 3.63) is 75.3 Å². The summed E-state index contributed by atoms with van der Waals surface area (Å²) in [6.45, 7) is 6.13. The molecule has 0 saturated heterocycles. The first-order valence-electron chi connectivity index (χ1n) is 9.19. The van der Waals surface area contributed by atoms with Crippen molar-refractivity contribution in [1.82, 2.24) is 10.2 Å². The topological polar surface area (TPSA) is 92.6 Å². The lowest BCUT2D eigenvalue weighted by Crippen LogP contribution is -2.48. The Labute approximate surface area is 164 Å². The third-order valence-electron chi connectivity index (χ3n) is 4.65. The Bertz CT molecular complexity index is 866. The zero-order valence-electron chi connectivity index (χ0n) is 16.3. The summed E-state index contributed by atoms with van der Waals surface area (Å²) in [4.78, 5) is 37.7. The van der Waals surface area contributed by atoms with Crippen LogP contribution >= 0.6 is 0 Å². The number of likely N-dealkylation sites (N-methyl/N-ethyl adjacent to an activating group) is 1. The number of hydrogen-bond acceptors (Lipinski definition) is 4. The van der Waals surface area contributed by atoms with Crippen molar-refractivity contribution in [3.63, 3.8) is 0 Å². The molecule has 1 N–H and O–H groups in total. The first-order valence-corrected chi connectivity index (χ1v) is 9.19. The molecule has 1 unspecified atom stereocenters. The van der Waals surface area contributed by atoms with E-state index >= 15 is 0 Å². The van der Waals surface area contributed by atoms with Gasteiger partial charge in [-0.2, -0.15) is 0 Å². The molecule has 7 nitrogen and oxygen atoms in total. The number of amides is 2. The van der Waals surface area contributed by atoms with E-state index in [2.05, 4.69) is 5.32 Å². The normalized spacial score (nSPS) is 11.5. The molecule has 0 aliphatic heterocycles. The lowest BCUT2D eigenvalue weighted by Gasteiger charge is -2.29. The summed E-state index contributed by atoms with van der Waals surface area (Å²) in [5.41, 5.74) is 2.16. The molecular weight excluding hydrogens is 358 g/mol. The second kappa shape index (κ2) is 9.64. The highest BCUT2D eigenvalue weighted by Gasteiger charge is 2.27. The van der Waals surface area contributed by atoms with E-state index in [1.54, 1.807) is 25.1 Å². The first kappa shape index (κ1) is 21.1. The molecule has 0 aromatic heterocycles. The highest BCUT2D eigenvalue weighted by atomic mass is 16.6. The maximum atomic E-state index is 13.1. The summed E-state index contributed by atoms with van der Waals surface area (Å²) >= 11 is 0. The number of hydrogen-bond donors (Lipinski definition) is 1. The molecular formula is C21H25N3O4. The van der Waals surface area contributed by atoms with Gasteiger partial charge in [0.05, 0.1) is 11.3 Å². The highest BCUT2D eigenvalue weighted by molar-refractivity contribution is 5.88. The number of nitrogens with zero attached hydrogens (tertiary/aromatic N) is 2. The molecule has 7 heteroatoms. The lowest BCUT2D eigenvalue weighted by atomic mass is 10.0. The monoisotopic (exact) mass is 383 g/mol. The van der Waals surface area contributed by atoms with E-state index in [-0.39, 0.29) is 30.5 Å². The summed E-state index contributed by atoms with van der Waals surface area (Å²) in [7, 11) is 0. The Balaban J connectivity index is 2.32. The van der Waals surface area contributed by atoms with Gasteiger partial charge in [-0.05, 0) is 31.9 Å². The Morgan fingerprint density at radius 2 is 1.71 bits per heavy atom. The first-order chi connectivity index (χ1) is 13.3. The highest BCUT2D eigenvalue weighted by Crippen LogP contribution is 2.21. The molecule has 2 aromatic rings. The molecule has 0 spiro atoms. The number of nitro groups is 1. The minimum atomic E-state index is -0.699. The zero-order chi connectivity index (χ0) is 20.7. The second-order valence-corrected chi connectivity index (χ2v) is 6.58. The average Bonchev–Trinajstić information content (AvgIpc) is 2.67. The van der Waals surface area contributed by atoms with Gasteiger partial charge in [-0.3, -0.25) is 19.7 Å². The van der Waals surface area contributed by atoms with Crippen LogP contribution in [0, 0.1) is 17.0 Å². The number of benzene rings is 2. The number of carbonyl (C=O) groups is 2. The van der Waals surface area contributed by atoms with Gasteiger partial charge in [-0.1, -0.05) is 42.5 Å². The summed E-state index contributed by atoms with van der Waals surface area (Å²) < 4.78 is 0. The van der Waals surface area contributed by atoms with Crippen LogP contribution in [0.2, 0.25) is 0 Å². The van der Waals surface area contributed by atoms with E-state index in [1.165, 1.54) is 11.0 Å². The zero-order valence-corrected chi connectivity index (χ0v) is 16.3. The Hall–Kier alpha value is -3.22. The van der Waals surface area contributed by atoms with Gasteiger partial charge < -0.3 is 10.2 Å². The number of carbonyl (C=O) groups excluding carboxylic acids is 2. The fourth-order valence-corrected chi connectivity index (χ4v) is 2.98. The average molecular weight is 383 g/mol. The summed E-state index contributed by atoms with van der Waals surface area (Å²) in [5.74, 6) is -0.594. The molecule has 0 saturated carbocycles. The van der Waals surface area contributed by atoms with Crippen LogP contribution in [0.25, 0.3) is 0 Å². The van der Waals surface area contributed by atoms with Crippen molar-refractivity contribution in [1.29, 1.82) is 0 Å². The van der Waals surface area contributed by atoms with Crippen molar-refractivity contribution in [2.75, 3.05) is 6.54 Å². The van der Waals surface area contributed by atoms with Gasteiger partial charge in [0.15, 0.2) is 0 Å². The Morgan fingerprint density at radius 3 is 2.32 bits per heavy atom. The van der Waals surface area contributed by atoms with Gasteiger partial charge in [-0.15, -0.1) is 0 Å². The molecule has 0 radical (unpaired) electrons. The molecule has 2 rings (SSSR count). The molecule has 0 aliphatic carbocycles. The van der Waals surface area contributed by atoms with E-state index in [0.717, 1.165) is 11.1 Å². The van der Waals surface area contributed by atoms with E-state index in [0.29, 0.717) is 12.1 Å². The molecule has 28 heavy (non-hydrogen) atoms. The van der Waals surface area contributed by atoms with Gasteiger partial charge in [0, 0.05) is 24.7 Å². The van der Waals surface area contributed by atoms with E-state index < -0.39 is 11.0 Å². The van der Waals surface area contributed by atoms with E-state index in [9.17, 15) is 19.7 Å². The lowest BCUT2D eigenvalue weighted by molar-refractivity contribution is -0.385. The largest absolute Gasteiger partial charge is 0.355 e. The third-order valence-corrected chi connectivity index (χ3v) is 4.65. The predicted molar refractivity (Wildman–Crippen MR) is 107 cm³/mol. The summed E-state index contributed by atoms with van der Waals surface area (Å²) in [6, 6.07) is 13.1. The molecule has 148 valence electrons. The smallest absolute Gasteiger partial charge is 0.273 e. The molecule has 2 amide bonds. The predicted octanol–water partition coefficient (Wildman–Crippen LogP) is 3.00. The molecule has 0 bridgehead atoms. The summed E-state index contributed by atoms with van der Waals surface area (Å²) in [6.07, 6.45) is -0.146. The van der Waals surface area contributed by atoms with Crippen molar-refractivity contribution in [2.45, 2.75) is 39.8 Å². The third kappa shape index (κ3) is 5.16. The standard InChI is InChI=1S/C21H25N3O4/c1-4-22-21(26)16(3)23(14-18-11-6-5-9-15(18)2)20(25)13-17-10-7-8-12-19(17)24(27)28/h5-12,16H,4,13-14H2,1-3H3,(H,22,26). The van der Waals surface area contributed by atoms with Crippen molar-refractivity contribution in [3.8, 4) is 0 Å². The maximum Gasteiger partial charge on any atom is 0.273 e. The summed E-state index contributed by atoms with van der Waals surface area (Å²) in [5, 5.41) is 14.0. The van der Waals surface area contributed by atoms with Crippen LogP contribution in [0.1, 0.15) is 30.5 Å². The number of para-hydroxylation sites is 1. The second-order valence-electron chi connectivity index (χ2n) is 6.58. The number of nitro benzene ring substituents is 1. The minimum absolute atomic E-state index is 0.0997. The Kier molecular flexibility index (Phi) is 7.26. The van der Waals surface area contributed by atoms with Crippen LogP contribution < -0.4 is 5.32 Å². The number of rotatable bonds is 8. The van der Waals surface area contributed by atoms with Gasteiger partial charge >= 0.3 is 0 Å². The molecule has 0 fully saturated rings. The van der Waals surface area contributed by atoms with Crippen LogP contribution in [0.3, 0.4) is 0 Å². The van der Waals surface area contributed by atoms with Crippen LogP contribution in [0.15, 0.2) is 48.5 Å². The van der Waals surface area contributed by atoms with Crippen LogP contribution in [-0.4, -0.2) is 34.2 Å². The van der Waals surface area contributed by atoms with Gasteiger partial charge in [-0.25, -0.2) is 0 Å². The molecule has 0 heterocycles. The van der Waals surface area contributed by atoms with Crippen LogP contribution in [-0.2, 0) is 22.6 Å². The number of nitrogens with one attached hydrogen (secondary N) is 1. The maximum absolute atomic E-state index is 13.1. The van der Waals surface area contributed by atoms with E-state index in [1.807, 2.05) is 38.1 Å². The quantitative estimate of drug-likeness (QED) is 0.560. The van der Waals surface area contributed by atoms with Gasteiger partial charge in [0.2, 0.25) is 11.8 Å². The molecule has 2 aromatic carbocycles. The van der Waals surface area contributed by atoms with Crippen molar-refractivity contribution >= 4 is 17.5 Å². The van der Waals surface area contributed by atoms with Crippen LogP contribution in [0.4, 0.5) is 5.69 Å². The van der Waals surface area contributed by atoms with Gasteiger partial charge in [0.25, 0.3) is 5.69 Å². The fourth-order valence-electron chi connectivity index (χ4n) is 2.98. The Morgan fingerprint density at radius 1 is 1.11 bits per heavy atom. The number of aryl methyl sites for hydroxylation is 1. The fraction of sp³-hybridized carbons (Fsp3) is 0.333.